The van der Waals surface area contributed by atoms with Gasteiger partial charge in [0.15, 0.2) is 5.82 Å². The number of carbonyl (C=O) groups excluding carboxylic acids is 1. The zero-order chi connectivity index (χ0) is 21.3. The second kappa shape index (κ2) is 6.28. The first-order valence-electron chi connectivity index (χ1n) is 10.4. The van der Waals surface area contributed by atoms with Crippen LogP contribution in [0.1, 0.15) is 26.3 Å². The summed E-state index contributed by atoms with van der Waals surface area (Å²) >= 11 is 1.72. The van der Waals surface area contributed by atoms with Crippen molar-refractivity contribution in [2.75, 3.05) is 11.4 Å². The van der Waals surface area contributed by atoms with E-state index in [-0.39, 0.29) is 5.91 Å². The molecule has 1 aliphatic heterocycles. The van der Waals surface area contributed by atoms with Crippen molar-refractivity contribution >= 4 is 44.9 Å². The van der Waals surface area contributed by atoms with Gasteiger partial charge in [-0.3, -0.25) is 9.89 Å². The van der Waals surface area contributed by atoms with E-state index in [1.54, 1.807) is 11.3 Å². The monoisotopic (exact) mass is 427 g/mol. The van der Waals surface area contributed by atoms with Crippen LogP contribution in [-0.2, 0) is 10.2 Å². The molecule has 7 heteroatoms. The van der Waals surface area contributed by atoms with Gasteiger partial charge in [0.05, 0.1) is 27.7 Å². The molecular weight excluding hydrogens is 406 g/mol. The number of carbonyl (C=O) groups is 1. The molecule has 6 rings (SSSR count). The number of hydrogen-bond donors (Lipinski definition) is 2. The first-order chi connectivity index (χ1) is 15.0. The van der Waals surface area contributed by atoms with Crippen molar-refractivity contribution < 1.29 is 4.79 Å². The van der Waals surface area contributed by atoms with Gasteiger partial charge in [-0.2, -0.15) is 5.10 Å². The van der Waals surface area contributed by atoms with E-state index >= 15 is 0 Å². The lowest BCUT2D eigenvalue weighted by Gasteiger charge is -2.18. The van der Waals surface area contributed by atoms with E-state index < -0.39 is 5.41 Å². The zero-order valence-electron chi connectivity index (χ0n) is 17.5. The first kappa shape index (κ1) is 18.3. The van der Waals surface area contributed by atoms with E-state index in [0.29, 0.717) is 6.54 Å². The summed E-state index contributed by atoms with van der Waals surface area (Å²) in [4.78, 5) is 24.1. The van der Waals surface area contributed by atoms with Crippen molar-refractivity contribution in [2.24, 2.45) is 0 Å². The van der Waals surface area contributed by atoms with Crippen molar-refractivity contribution in [3.05, 3.63) is 53.4 Å². The fourth-order valence-corrected chi connectivity index (χ4v) is 5.28. The molecule has 0 aliphatic carbocycles. The van der Waals surface area contributed by atoms with Crippen molar-refractivity contribution in [3.8, 4) is 22.0 Å². The average molecular weight is 428 g/mol. The SMILES string of the molecule is CCN1C(=O)C(C)(C)c2cc3nc(-c4n[nH]c5cc(-c6cccs6)ccc45)[nH]c3cc21. The molecule has 4 heterocycles. The second-order valence-electron chi connectivity index (χ2n) is 8.46. The molecule has 5 aromatic rings. The summed E-state index contributed by atoms with van der Waals surface area (Å²) in [5.41, 5.74) is 6.15. The van der Waals surface area contributed by atoms with Crippen molar-refractivity contribution in [1.29, 1.82) is 0 Å². The number of likely N-dealkylation sites (N-methyl/N-ethyl adjacent to an activating group) is 1. The molecule has 0 spiro atoms. The number of hydrogen-bond acceptors (Lipinski definition) is 4. The maximum atomic E-state index is 12.8. The highest BCUT2D eigenvalue weighted by atomic mass is 32.1. The second-order valence-corrected chi connectivity index (χ2v) is 9.40. The van der Waals surface area contributed by atoms with Crippen LogP contribution in [0.2, 0.25) is 0 Å². The summed E-state index contributed by atoms with van der Waals surface area (Å²) in [6.45, 7) is 6.62. The minimum Gasteiger partial charge on any atom is -0.337 e. The summed E-state index contributed by atoms with van der Waals surface area (Å²) in [7, 11) is 0. The number of amides is 1. The Morgan fingerprint density at radius 3 is 2.77 bits per heavy atom. The molecular formula is C24H21N5OS. The fraction of sp³-hybridized carbons (Fsp3) is 0.208. The third-order valence-electron chi connectivity index (χ3n) is 6.25. The molecule has 31 heavy (non-hydrogen) atoms. The number of fused-ring (bicyclic) bond motifs is 3. The molecule has 0 saturated carbocycles. The molecule has 1 aliphatic rings. The molecule has 0 unspecified atom stereocenters. The van der Waals surface area contributed by atoms with Gasteiger partial charge in [-0.25, -0.2) is 4.98 Å². The van der Waals surface area contributed by atoms with Crippen molar-refractivity contribution in [1.82, 2.24) is 20.2 Å². The number of thiophene rings is 1. The fourth-order valence-electron chi connectivity index (χ4n) is 4.55. The molecule has 0 bridgehead atoms. The van der Waals surface area contributed by atoms with E-state index in [4.69, 9.17) is 4.98 Å². The number of aromatic amines is 2. The molecule has 0 saturated heterocycles. The Labute approximate surface area is 182 Å². The number of aromatic nitrogens is 4. The lowest BCUT2D eigenvalue weighted by atomic mass is 9.86. The van der Waals surface area contributed by atoms with Crippen LogP contribution in [0.3, 0.4) is 0 Å². The number of imidazole rings is 1. The summed E-state index contributed by atoms with van der Waals surface area (Å²) in [5, 5.41) is 10.8. The maximum absolute atomic E-state index is 12.8. The van der Waals surface area contributed by atoms with Crippen LogP contribution >= 0.6 is 11.3 Å². The molecule has 6 nitrogen and oxygen atoms in total. The molecule has 0 fully saturated rings. The quantitative estimate of drug-likeness (QED) is 0.400. The summed E-state index contributed by atoms with van der Waals surface area (Å²) in [6.07, 6.45) is 0. The lowest BCUT2D eigenvalue weighted by Crippen LogP contribution is -2.35. The molecule has 0 atom stereocenters. The van der Waals surface area contributed by atoms with Gasteiger partial charge in [-0.1, -0.05) is 12.1 Å². The van der Waals surface area contributed by atoms with Crippen LogP contribution in [-0.4, -0.2) is 32.6 Å². The zero-order valence-corrected chi connectivity index (χ0v) is 18.3. The van der Waals surface area contributed by atoms with Crippen LogP contribution in [0.15, 0.2) is 47.8 Å². The van der Waals surface area contributed by atoms with E-state index in [0.717, 1.165) is 44.7 Å². The normalized spacial score (nSPS) is 15.3. The van der Waals surface area contributed by atoms with Crippen LogP contribution in [0.5, 0.6) is 0 Å². The Morgan fingerprint density at radius 2 is 2.00 bits per heavy atom. The summed E-state index contributed by atoms with van der Waals surface area (Å²) in [6, 6.07) is 14.6. The van der Waals surface area contributed by atoms with Crippen molar-refractivity contribution in [3.63, 3.8) is 0 Å². The highest BCUT2D eigenvalue weighted by molar-refractivity contribution is 7.13. The van der Waals surface area contributed by atoms with Crippen LogP contribution < -0.4 is 4.90 Å². The van der Waals surface area contributed by atoms with Crippen LogP contribution in [0.25, 0.3) is 43.9 Å². The minimum atomic E-state index is -0.546. The van der Waals surface area contributed by atoms with E-state index in [9.17, 15) is 4.79 Å². The predicted molar refractivity (Wildman–Crippen MR) is 126 cm³/mol. The molecule has 2 N–H and O–H groups in total. The van der Waals surface area contributed by atoms with Gasteiger partial charge in [0.25, 0.3) is 0 Å². The molecule has 3 aromatic heterocycles. The molecule has 1 amide bonds. The number of benzene rings is 2. The van der Waals surface area contributed by atoms with E-state index in [1.165, 1.54) is 10.4 Å². The van der Waals surface area contributed by atoms with Gasteiger partial charge in [0.1, 0.15) is 5.69 Å². The maximum Gasteiger partial charge on any atom is 0.237 e. The topological polar surface area (TPSA) is 77.7 Å². The average Bonchev–Trinajstić information content (AvgIpc) is 3.52. The van der Waals surface area contributed by atoms with Gasteiger partial charge in [-0.15, -0.1) is 11.3 Å². The van der Waals surface area contributed by atoms with Gasteiger partial charge in [-0.05, 0) is 67.6 Å². The van der Waals surface area contributed by atoms with E-state index in [2.05, 4.69) is 50.9 Å². The number of anilines is 1. The highest BCUT2D eigenvalue weighted by Gasteiger charge is 2.43. The Kier molecular flexibility index (Phi) is 3.71. The minimum absolute atomic E-state index is 0.137. The predicted octanol–water partition coefficient (Wildman–Crippen LogP) is 5.48. The van der Waals surface area contributed by atoms with Crippen molar-refractivity contribution in [2.45, 2.75) is 26.2 Å². The Bertz CT molecular complexity index is 1470. The third-order valence-corrected chi connectivity index (χ3v) is 7.17. The standard InChI is InChI=1S/C24H21N5OS/c1-4-29-19-12-18-17(11-15(19)24(2,3)23(29)30)25-22(26-18)21-14-8-7-13(10-16(14)27-28-21)20-6-5-9-31-20/h5-12H,4H2,1-3H3,(H,25,26)(H,27,28). The lowest BCUT2D eigenvalue weighted by molar-refractivity contribution is -0.122. The number of nitrogens with zero attached hydrogens (tertiary/aromatic N) is 3. The van der Waals surface area contributed by atoms with Crippen LogP contribution in [0.4, 0.5) is 5.69 Å². The van der Waals surface area contributed by atoms with Gasteiger partial charge >= 0.3 is 0 Å². The van der Waals surface area contributed by atoms with Gasteiger partial charge in [0.2, 0.25) is 5.91 Å². The smallest absolute Gasteiger partial charge is 0.237 e. The largest absolute Gasteiger partial charge is 0.337 e. The Balaban J connectivity index is 1.47. The molecule has 2 aromatic carbocycles. The van der Waals surface area contributed by atoms with Gasteiger partial charge < -0.3 is 9.88 Å². The number of rotatable bonds is 3. The molecule has 154 valence electrons. The first-order valence-corrected chi connectivity index (χ1v) is 11.2. The third kappa shape index (κ3) is 2.53. The molecule has 0 radical (unpaired) electrons. The van der Waals surface area contributed by atoms with Crippen LogP contribution in [0, 0.1) is 0 Å². The number of nitrogens with one attached hydrogen (secondary N) is 2. The Morgan fingerprint density at radius 1 is 1.13 bits per heavy atom. The Hall–Kier alpha value is -3.45. The highest BCUT2D eigenvalue weighted by Crippen LogP contribution is 2.43. The van der Waals surface area contributed by atoms with E-state index in [1.807, 2.05) is 37.8 Å². The number of H-pyrrole nitrogens is 2. The van der Waals surface area contributed by atoms with Gasteiger partial charge in [0, 0.05) is 16.8 Å². The summed E-state index contributed by atoms with van der Waals surface area (Å²) in [5.74, 6) is 0.860. The summed E-state index contributed by atoms with van der Waals surface area (Å²) < 4.78 is 0.